The molecule has 2 N–H and O–H groups in total. The molecule has 1 unspecified atom stereocenters. The number of amides is 1. The van der Waals surface area contributed by atoms with Crippen molar-refractivity contribution in [3.8, 4) is 0 Å². The van der Waals surface area contributed by atoms with E-state index in [0.717, 1.165) is 36.2 Å². The highest BCUT2D eigenvalue weighted by Gasteiger charge is 2.17. The Bertz CT molecular complexity index is 442. The molecule has 6 heteroatoms. The van der Waals surface area contributed by atoms with Gasteiger partial charge in [0.05, 0.1) is 0 Å². The molecule has 1 aromatic heterocycles. The van der Waals surface area contributed by atoms with Crippen LogP contribution in [0.25, 0.3) is 0 Å². The van der Waals surface area contributed by atoms with Crippen molar-refractivity contribution >= 4 is 34.2 Å². The molecule has 0 saturated carbocycles. The fourth-order valence-electron chi connectivity index (χ4n) is 2.50. The quantitative estimate of drug-likeness (QED) is 0.844. The monoisotopic (exact) mass is 363 g/mol. The molecular weight excluding hydrogens is 342 g/mol. The zero-order valence-corrected chi connectivity index (χ0v) is 14.4. The number of hydrogen-bond donors (Lipinski definition) is 2. The number of hydrogen-bond acceptors (Lipinski definition) is 2. The first kappa shape index (κ1) is 17.5. The minimum absolute atomic E-state index is 0. The van der Waals surface area contributed by atoms with E-state index in [9.17, 15) is 4.79 Å². The number of nitrogens with one attached hydrogen (secondary N) is 2. The van der Waals surface area contributed by atoms with E-state index in [-0.39, 0.29) is 24.4 Å². The van der Waals surface area contributed by atoms with Crippen molar-refractivity contribution in [1.29, 1.82) is 0 Å². The Hall–Kier alpha value is -0.520. The Labute approximate surface area is 135 Å². The smallest absolute Gasteiger partial charge is 0.267 e. The van der Waals surface area contributed by atoms with Crippen molar-refractivity contribution in [1.82, 2.24) is 15.2 Å². The Kier molecular flexibility index (Phi) is 7.06. The molecule has 0 radical (unpaired) electrons. The number of aromatic nitrogens is 1. The van der Waals surface area contributed by atoms with Crippen LogP contribution < -0.4 is 10.6 Å². The van der Waals surface area contributed by atoms with Crippen LogP contribution in [0.2, 0.25) is 0 Å². The molecule has 2 heterocycles. The second-order valence-electron chi connectivity index (χ2n) is 5.45. The SMILES string of the molecule is CC(C)n1cc(Br)cc1C(=O)NCCC1CCNC1.Cl. The third-order valence-electron chi connectivity index (χ3n) is 3.60. The molecule has 114 valence electrons. The molecule has 0 aliphatic carbocycles. The predicted octanol–water partition coefficient (Wildman–Crippen LogP) is 2.98. The first-order chi connectivity index (χ1) is 9.08. The van der Waals surface area contributed by atoms with E-state index in [1.165, 1.54) is 6.42 Å². The van der Waals surface area contributed by atoms with E-state index in [0.29, 0.717) is 5.92 Å². The number of nitrogens with zero attached hydrogens (tertiary/aromatic N) is 1. The summed E-state index contributed by atoms with van der Waals surface area (Å²) in [7, 11) is 0. The molecule has 4 nitrogen and oxygen atoms in total. The second-order valence-corrected chi connectivity index (χ2v) is 6.36. The van der Waals surface area contributed by atoms with Crippen LogP contribution in [-0.2, 0) is 0 Å². The van der Waals surface area contributed by atoms with Gasteiger partial charge in [-0.25, -0.2) is 0 Å². The summed E-state index contributed by atoms with van der Waals surface area (Å²) in [6.45, 7) is 7.11. The van der Waals surface area contributed by atoms with Crippen LogP contribution in [0.3, 0.4) is 0 Å². The molecule has 1 aliphatic rings. The molecule has 1 saturated heterocycles. The van der Waals surface area contributed by atoms with Crippen LogP contribution in [0.15, 0.2) is 16.7 Å². The standard InChI is InChI=1S/C14H22BrN3O.ClH/c1-10(2)18-9-12(15)7-13(18)14(19)17-6-4-11-3-5-16-8-11;/h7,9-11,16H,3-6,8H2,1-2H3,(H,17,19);1H. The molecule has 0 spiro atoms. The van der Waals surface area contributed by atoms with Gasteiger partial charge in [-0.15, -0.1) is 12.4 Å². The lowest BCUT2D eigenvalue weighted by atomic mass is 10.1. The van der Waals surface area contributed by atoms with Crippen molar-refractivity contribution < 1.29 is 4.79 Å². The Morgan fingerprint density at radius 1 is 1.60 bits per heavy atom. The summed E-state index contributed by atoms with van der Waals surface area (Å²) in [5, 5.41) is 6.37. The van der Waals surface area contributed by atoms with Gasteiger partial charge in [0.2, 0.25) is 0 Å². The molecule has 1 aliphatic heterocycles. The zero-order valence-electron chi connectivity index (χ0n) is 12.0. The minimum Gasteiger partial charge on any atom is -0.351 e. The molecular formula is C14H23BrClN3O. The Morgan fingerprint density at radius 3 is 2.95 bits per heavy atom. The third-order valence-corrected chi connectivity index (χ3v) is 4.04. The fraction of sp³-hybridized carbons (Fsp3) is 0.643. The third kappa shape index (κ3) is 4.50. The molecule has 1 aromatic rings. The summed E-state index contributed by atoms with van der Waals surface area (Å²) < 4.78 is 2.95. The van der Waals surface area contributed by atoms with Crippen molar-refractivity contribution in [3.63, 3.8) is 0 Å². The molecule has 1 atom stereocenters. The first-order valence-electron chi connectivity index (χ1n) is 6.94. The summed E-state index contributed by atoms with van der Waals surface area (Å²) in [6.07, 6.45) is 4.24. The van der Waals surface area contributed by atoms with Crippen LogP contribution >= 0.6 is 28.3 Å². The van der Waals surface area contributed by atoms with Gasteiger partial charge < -0.3 is 15.2 Å². The van der Waals surface area contributed by atoms with E-state index >= 15 is 0 Å². The average molecular weight is 365 g/mol. The molecule has 0 aromatic carbocycles. The summed E-state index contributed by atoms with van der Waals surface area (Å²) in [5.41, 5.74) is 0.728. The van der Waals surface area contributed by atoms with E-state index in [2.05, 4.69) is 40.4 Å². The predicted molar refractivity (Wildman–Crippen MR) is 87.7 cm³/mol. The lowest BCUT2D eigenvalue weighted by molar-refractivity contribution is 0.0941. The molecule has 2 rings (SSSR count). The summed E-state index contributed by atoms with van der Waals surface area (Å²) >= 11 is 3.43. The molecule has 0 bridgehead atoms. The van der Waals surface area contributed by atoms with Crippen LogP contribution in [0.1, 0.15) is 43.2 Å². The summed E-state index contributed by atoms with van der Waals surface area (Å²) in [4.78, 5) is 12.2. The van der Waals surface area contributed by atoms with Crippen LogP contribution in [0, 0.1) is 5.92 Å². The Balaban J connectivity index is 0.00000200. The van der Waals surface area contributed by atoms with E-state index in [1.54, 1.807) is 0 Å². The van der Waals surface area contributed by atoms with Crippen molar-refractivity contribution in [3.05, 3.63) is 22.4 Å². The van der Waals surface area contributed by atoms with Crippen molar-refractivity contribution in [2.75, 3.05) is 19.6 Å². The molecule has 20 heavy (non-hydrogen) atoms. The maximum Gasteiger partial charge on any atom is 0.267 e. The van der Waals surface area contributed by atoms with E-state index < -0.39 is 0 Å². The van der Waals surface area contributed by atoms with Crippen molar-refractivity contribution in [2.45, 2.75) is 32.7 Å². The highest BCUT2D eigenvalue weighted by Crippen LogP contribution is 2.19. The van der Waals surface area contributed by atoms with Gasteiger partial charge >= 0.3 is 0 Å². The van der Waals surface area contributed by atoms with Gasteiger partial charge in [-0.2, -0.15) is 0 Å². The normalized spacial score (nSPS) is 18.1. The maximum absolute atomic E-state index is 12.2. The second kappa shape index (κ2) is 8.05. The lowest BCUT2D eigenvalue weighted by Crippen LogP contribution is -2.28. The summed E-state index contributed by atoms with van der Waals surface area (Å²) in [6, 6.07) is 2.16. The number of halogens is 2. The van der Waals surface area contributed by atoms with Gasteiger partial charge in [-0.1, -0.05) is 0 Å². The highest BCUT2D eigenvalue weighted by atomic mass is 79.9. The maximum atomic E-state index is 12.2. The molecule has 1 amide bonds. The zero-order chi connectivity index (χ0) is 13.8. The van der Waals surface area contributed by atoms with Gasteiger partial charge in [0.15, 0.2) is 0 Å². The average Bonchev–Trinajstić information content (AvgIpc) is 2.98. The van der Waals surface area contributed by atoms with Gasteiger partial charge in [0.25, 0.3) is 5.91 Å². The minimum atomic E-state index is 0. The van der Waals surface area contributed by atoms with Crippen LogP contribution in [-0.4, -0.2) is 30.1 Å². The topological polar surface area (TPSA) is 46.1 Å². The number of carbonyl (C=O) groups excluding carboxylic acids is 1. The van der Waals surface area contributed by atoms with Crippen molar-refractivity contribution in [2.24, 2.45) is 5.92 Å². The Morgan fingerprint density at radius 2 is 2.35 bits per heavy atom. The van der Waals surface area contributed by atoms with Gasteiger partial charge in [0, 0.05) is 23.3 Å². The molecule has 1 fully saturated rings. The van der Waals surface area contributed by atoms with Crippen LogP contribution in [0.5, 0.6) is 0 Å². The van der Waals surface area contributed by atoms with E-state index in [1.807, 2.05) is 16.8 Å². The van der Waals surface area contributed by atoms with Gasteiger partial charge in [0.1, 0.15) is 5.69 Å². The number of rotatable bonds is 5. The van der Waals surface area contributed by atoms with Gasteiger partial charge in [-0.3, -0.25) is 4.79 Å². The van der Waals surface area contributed by atoms with E-state index in [4.69, 9.17) is 0 Å². The lowest BCUT2D eigenvalue weighted by Gasteiger charge is -2.13. The van der Waals surface area contributed by atoms with Gasteiger partial charge in [-0.05, 0) is 67.7 Å². The highest BCUT2D eigenvalue weighted by molar-refractivity contribution is 9.10. The van der Waals surface area contributed by atoms with Crippen LogP contribution in [0.4, 0.5) is 0 Å². The largest absolute Gasteiger partial charge is 0.351 e. The fourth-order valence-corrected chi connectivity index (χ4v) is 2.93. The summed E-state index contributed by atoms with van der Waals surface area (Å²) in [5.74, 6) is 0.731. The number of carbonyl (C=O) groups is 1. The first-order valence-corrected chi connectivity index (χ1v) is 7.73.